The average Bonchev–Trinajstić information content (AvgIpc) is 3.61. The standard InChI is InChI=1S/C35H49N5O6S2/c1-24(2)20-39(48(45,46)30-13-11-27(12-14-30)15-18-41)22-32(42)31(19-28-9-7-6-8-10-28)37-34(43)33(25(3)4)40-17-16-38(35(40)44)21-29-23-47-26(5)36-29/h6-14,23-25,31-33,41-42H,15-22H2,1-5H3,(H,37,43)/t31-,32+,33?/m0/s1. The number of aliphatic hydroxyl groups is 2. The molecule has 3 amide bonds. The molecule has 0 saturated carbocycles. The van der Waals surface area contributed by atoms with Crippen LogP contribution in [0, 0.1) is 18.8 Å². The lowest BCUT2D eigenvalue weighted by atomic mass is 9.97. The lowest BCUT2D eigenvalue weighted by Crippen LogP contribution is -2.57. The third-order valence-electron chi connectivity index (χ3n) is 8.39. The minimum Gasteiger partial charge on any atom is -0.396 e. The van der Waals surface area contributed by atoms with E-state index < -0.39 is 34.1 Å². The number of hydrogen-bond donors (Lipinski definition) is 3. The highest BCUT2D eigenvalue weighted by molar-refractivity contribution is 7.89. The first-order valence-electron chi connectivity index (χ1n) is 16.5. The van der Waals surface area contributed by atoms with Gasteiger partial charge in [-0.1, -0.05) is 70.2 Å². The maximum absolute atomic E-state index is 14.1. The van der Waals surface area contributed by atoms with Gasteiger partial charge < -0.3 is 25.3 Å². The third-order valence-corrected chi connectivity index (χ3v) is 11.1. The number of thiazole rings is 1. The molecule has 0 bridgehead atoms. The molecule has 2 aromatic carbocycles. The fourth-order valence-corrected chi connectivity index (χ4v) is 8.25. The van der Waals surface area contributed by atoms with Crippen molar-refractivity contribution in [1.29, 1.82) is 0 Å². The molecule has 1 aliphatic rings. The van der Waals surface area contributed by atoms with E-state index in [1.54, 1.807) is 21.9 Å². The van der Waals surface area contributed by atoms with E-state index in [1.807, 2.05) is 70.3 Å². The summed E-state index contributed by atoms with van der Waals surface area (Å²) in [6.07, 6.45) is -0.588. The van der Waals surface area contributed by atoms with Crippen molar-refractivity contribution in [1.82, 2.24) is 24.4 Å². The van der Waals surface area contributed by atoms with Crippen LogP contribution in [0.1, 0.15) is 49.5 Å². The van der Waals surface area contributed by atoms with Crippen molar-refractivity contribution in [3.8, 4) is 0 Å². The number of sulfonamides is 1. The van der Waals surface area contributed by atoms with E-state index in [9.17, 15) is 28.2 Å². The lowest BCUT2D eigenvalue weighted by Gasteiger charge is -2.34. The van der Waals surface area contributed by atoms with E-state index in [-0.39, 0.29) is 48.9 Å². The largest absolute Gasteiger partial charge is 0.396 e. The molecule has 0 aliphatic carbocycles. The summed E-state index contributed by atoms with van der Waals surface area (Å²) in [5.41, 5.74) is 2.49. The summed E-state index contributed by atoms with van der Waals surface area (Å²) in [4.78, 5) is 35.4. The predicted octanol–water partition coefficient (Wildman–Crippen LogP) is 3.68. The summed E-state index contributed by atoms with van der Waals surface area (Å²) < 4.78 is 29.0. The van der Waals surface area contributed by atoms with Crippen LogP contribution in [-0.4, -0.2) is 101 Å². The molecule has 11 nitrogen and oxygen atoms in total. The van der Waals surface area contributed by atoms with E-state index in [1.165, 1.54) is 27.8 Å². The van der Waals surface area contributed by atoms with Crippen LogP contribution in [-0.2, 0) is 34.2 Å². The number of carbonyl (C=O) groups excluding carboxylic acids is 2. The van der Waals surface area contributed by atoms with Gasteiger partial charge in [-0.05, 0) is 54.9 Å². The van der Waals surface area contributed by atoms with Crippen LogP contribution < -0.4 is 5.32 Å². The van der Waals surface area contributed by atoms with Crippen LogP contribution in [0.4, 0.5) is 4.79 Å². The second kappa shape index (κ2) is 16.8. The number of nitrogens with one attached hydrogen (secondary N) is 1. The van der Waals surface area contributed by atoms with Gasteiger partial charge in [0.2, 0.25) is 15.9 Å². The van der Waals surface area contributed by atoms with Gasteiger partial charge in [0.1, 0.15) is 6.04 Å². The number of benzene rings is 2. The van der Waals surface area contributed by atoms with Crippen LogP contribution in [0.15, 0.2) is 64.9 Å². The van der Waals surface area contributed by atoms with Crippen molar-refractivity contribution >= 4 is 33.3 Å². The Bertz CT molecular complexity index is 1600. The first kappa shape index (κ1) is 37.5. The van der Waals surface area contributed by atoms with Crippen LogP contribution in [0.3, 0.4) is 0 Å². The van der Waals surface area contributed by atoms with Crippen LogP contribution in [0.5, 0.6) is 0 Å². The Morgan fingerprint density at radius 3 is 2.29 bits per heavy atom. The van der Waals surface area contributed by atoms with E-state index >= 15 is 0 Å². The zero-order valence-electron chi connectivity index (χ0n) is 28.4. The Kier molecular flexibility index (Phi) is 13.1. The highest BCUT2D eigenvalue weighted by Crippen LogP contribution is 2.23. The van der Waals surface area contributed by atoms with Crippen molar-refractivity contribution in [2.45, 2.75) is 77.1 Å². The smallest absolute Gasteiger partial charge is 0.321 e. The fourth-order valence-electron chi connectivity index (χ4n) is 6.03. The quantitative estimate of drug-likeness (QED) is 0.195. The zero-order valence-corrected chi connectivity index (χ0v) is 30.1. The Labute approximate surface area is 288 Å². The van der Waals surface area contributed by atoms with Gasteiger partial charge in [-0.25, -0.2) is 18.2 Å². The van der Waals surface area contributed by atoms with Crippen LogP contribution in [0.25, 0.3) is 0 Å². The number of amides is 3. The SMILES string of the molecule is Cc1nc(CN2CCN(C(C(=O)N[C@@H](Cc3ccccc3)[C@H](O)CN(CC(C)C)S(=O)(=O)c3ccc(CCO)cc3)C(C)C)C2=O)cs1. The normalized spacial score (nSPS) is 15.8. The molecular weight excluding hydrogens is 651 g/mol. The first-order chi connectivity index (χ1) is 22.8. The Morgan fingerprint density at radius 2 is 1.71 bits per heavy atom. The Morgan fingerprint density at radius 1 is 1.02 bits per heavy atom. The number of aromatic nitrogens is 1. The van der Waals surface area contributed by atoms with Gasteiger partial charge in [-0.2, -0.15) is 4.31 Å². The predicted molar refractivity (Wildman–Crippen MR) is 187 cm³/mol. The molecule has 2 heterocycles. The van der Waals surface area contributed by atoms with E-state index in [2.05, 4.69) is 10.3 Å². The summed E-state index contributed by atoms with van der Waals surface area (Å²) >= 11 is 1.53. The molecule has 3 aromatic rings. The second-order valence-corrected chi connectivity index (χ2v) is 16.1. The molecule has 1 unspecified atom stereocenters. The first-order valence-corrected chi connectivity index (χ1v) is 18.8. The fraction of sp³-hybridized carbons (Fsp3) is 0.514. The molecule has 262 valence electrons. The van der Waals surface area contributed by atoms with Gasteiger partial charge in [0, 0.05) is 38.2 Å². The number of carbonyl (C=O) groups is 2. The maximum atomic E-state index is 14.1. The summed E-state index contributed by atoms with van der Waals surface area (Å²) in [5.74, 6) is -0.663. The van der Waals surface area contributed by atoms with E-state index in [4.69, 9.17) is 0 Å². The minimum atomic E-state index is -4.00. The summed E-state index contributed by atoms with van der Waals surface area (Å²) in [7, 11) is -4.00. The number of aryl methyl sites for hydroxylation is 1. The molecule has 1 saturated heterocycles. The molecule has 4 rings (SSSR count). The molecule has 3 atom stereocenters. The summed E-state index contributed by atoms with van der Waals surface area (Å²) in [6.45, 7) is 10.6. The van der Waals surface area contributed by atoms with Crippen LogP contribution >= 0.6 is 11.3 Å². The number of nitrogens with zero attached hydrogens (tertiary/aromatic N) is 4. The Balaban J connectivity index is 1.56. The monoisotopic (exact) mass is 699 g/mol. The maximum Gasteiger partial charge on any atom is 0.321 e. The van der Waals surface area contributed by atoms with Crippen molar-refractivity contribution in [2.75, 3.05) is 32.8 Å². The zero-order chi connectivity index (χ0) is 35.0. The van der Waals surface area contributed by atoms with Gasteiger partial charge in [0.05, 0.1) is 34.3 Å². The van der Waals surface area contributed by atoms with Gasteiger partial charge in [0.15, 0.2) is 0 Å². The highest BCUT2D eigenvalue weighted by atomic mass is 32.2. The van der Waals surface area contributed by atoms with Crippen molar-refractivity contribution < 1.29 is 28.2 Å². The molecule has 1 fully saturated rings. The van der Waals surface area contributed by atoms with Crippen molar-refractivity contribution in [3.05, 3.63) is 81.8 Å². The average molecular weight is 700 g/mol. The van der Waals surface area contributed by atoms with Gasteiger partial charge in [-0.15, -0.1) is 11.3 Å². The minimum absolute atomic E-state index is 0.0366. The van der Waals surface area contributed by atoms with Gasteiger partial charge >= 0.3 is 6.03 Å². The third kappa shape index (κ3) is 9.63. The molecular formula is C35H49N5O6S2. The molecule has 1 aromatic heterocycles. The molecule has 3 N–H and O–H groups in total. The van der Waals surface area contributed by atoms with E-state index in [0.717, 1.165) is 21.8 Å². The number of aliphatic hydroxyl groups excluding tert-OH is 2. The lowest BCUT2D eigenvalue weighted by molar-refractivity contribution is -0.128. The van der Waals surface area contributed by atoms with Crippen molar-refractivity contribution in [3.63, 3.8) is 0 Å². The van der Waals surface area contributed by atoms with E-state index in [0.29, 0.717) is 26.1 Å². The molecule has 0 spiro atoms. The number of hydrogen-bond acceptors (Lipinski definition) is 8. The topological polar surface area (TPSA) is 143 Å². The summed E-state index contributed by atoms with van der Waals surface area (Å²) in [6, 6.07) is 13.9. The highest BCUT2D eigenvalue weighted by Gasteiger charge is 2.40. The molecule has 1 aliphatic heterocycles. The Hall–Kier alpha value is -3.36. The summed E-state index contributed by atoms with van der Waals surface area (Å²) in [5, 5.41) is 26.9. The molecule has 13 heteroatoms. The number of urea groups is 1. The number of rotatable bonds is 17. The molecule has 48 heavy (non-hydrogen) atoms. The van der Waals surface area contributed by atoms with Crippen LogP contribution in [0.2, 0.25) is 0 Å². The van der Waals surface area contributed by atoms with Gasteiger partial charge in [-0.3, -0.25) is 4.79 Å². The second-order valence-electron chi connectivity index (χ2n) is 13.1. The van der Waals surface area contributed by atoms with Crippen molar-refractivity contribution in [2.24, 2.45) is 11.8 Å². The molecule has 0 radical (unpaired) electrons. The van der Waals surface area contributed by atoms with Gasteiger partial charge in [0.25, 0.3) is 0 Å².